The predicted molar refractivity (Wildman–Crippen MR) is 55.6 cm³/mol. The minimum Gasteiger partial charge on any atom is -0.480 e. The van der Waals surface area contributed by atoms with E-state index in [9.17, 15) is 14.4 Å². The van der Waals surface area contributed by atoms with E-state index < -0.39 is 12.0 Å². The normalized spacial score (nSPS) is 24.2. The Balaban J connectivity index is 2.61. The lowest BCUT2D eigenvalue weighted by molar-refractivity contribution is -0.149. The molecular weight excluding hydrogens is 212 g/mol. The highest BCUT2D eigenvalue weighted by atomic mass is 16.4. The van der Waals surface area contributed by atoms with Gasteiger partial charge in [0.2, 0.25) is 11.8 Å². The third kappa shape index (κ3) is 2.71. The summed E-state index contributed by atoms with van der Waals surface area (Å²) >= 11 is 0. The SMILES string of the molecule is CC(=O)NCC(=O)N1CCC(C)C1C(=O)O. The van der Waals surface area contributed by atoms with Crippen LogP contribution in [0.1, 0.15) is 20.3 Å². The summed E-state index contributed by atoms with van der Waals surface area (Å²) in [6.07, 6.45) is 0.683. The highest BCUT2D eigenvalue weighted by molar-refractivity contribution is 5.88. The summed E-state index contributed by atoms with van der Waals surface area (Å²) in [6, 6.07) is -0.763. The molecule has 1 saturated heterocycles. The number of carbonyl (C=O) groups is 3. The highest BCUT2D eigenvalue weighted by Gasteiger charge is 2.39. The zero-order chi connectivity index (χ0) is 12.3. The summed E-state index contributed by atoms with van der Waals surface area (Å²) < 4.78 is 0. The van der Waals surface area contributed by atoms with E-state index in [1.807, 2.05) is 6.92 Å². The van der Waals surface area contributed by atoms with E-state index in [1.165, 1.54) is 11.8 Å². The lowest BCUT2D eigenvalue weighted by Crippen LogP contribution is -2.46. The molecule has 1 aliphatic rings. The second-order valence-electron chi connectivity index (χ2n) is 4.05. The van der Waals surface area contributed by atoms with Crippen LogP contribution in [0, 0.1) is 5.92 Å². The van der Waals surface area contributed by atoms with E-state index in [2.05, 4.69) is 5.32 Å². The Morgan fingerprint density at radius 1 is 1.44 bits per heavy atom. The number of amides is 2. The molecule has 0 bridgehead atoms. The summed E-state index contributed by atoms with van der Waals surface area (Å²) in [6.45, 7) is 3.43. The van der Waals surface area contributed by atoms with Crippen LogP contribution in [0.25, 0.3) is 0 Å². The summed E-state index contributed by atoms with van der Waals surface area (Å²) in [5.41, 5.74) is 0. The first-order valence-electron chi connectivity index (χ1n) is 5.20. The molecule has 0 aromatic heterocycles. The fourth-order valence-corrected chi connectivity index (χ4v) is 1.91. The summed E-state index contributed by atoms with van der Waals surface area (Å²) in [7, 11) is 0. The van der Waals surface area contributed by atoms with Crippen LogP contribution in [0.3, 0.4) is 0 Å². The van der Waals surface area contributed by atoms with E-state index in [1.54, 1.807) is 0 Å². The molecule has 2 N–H and O–H groups in total. The van der Waals surface area contributed by atoms with Crippen molar-refractivity contribution in [3.63, 3.8) is 0 Å². The number of nitrogens with zero attached hydrogens (tertiary/aromatic N) is 1. The fourth-order valence-electron chi connectivity index (χ4n) is 1.91. The Bertz CT molecular complexity index is 316. The van der Waals surface area contributed by atoms with Crippen LogP contribution in [-0.2, 0) is 14.4 Å². The zero-order valence-corrected chi connectivity index (χ0v) is 9.40. The van der Waals surface area contributed by atoms with Crippen molar-refractivity contribution in [2.75, 3.05) is 13.1 Å². The van der Waals surface area contributed by atoms with Crippen LogP contribution in [-0.4, -0.2) is 46.9 Å². The smallest absolute Gasteiger partial charge is 0.326 e. The Labute approximate surface area is 93.6 Å². The molecule has 2 atom stereocenters. The number of carboxylic acid groups (broad SMARTS) is 1. The predicted octanol–water partition coefficient (Wildman–Crippen LogP) is -0.556. The highest BCUT2D eigenvalue weighted by Crippen LogP contribution is 2.23. The first-order valence-corrected chi connectivity index (χ1v) is 5.20. The van der Waals surface area contributed by atoms with Gasteiger partial charge in [0.1, 0.15) is 6.04 Å². The van der Waals surface area contributed by atoms with Gasteiger partial charge in [0.05, 0.1) is 6.54 Å². The van der Waals surface area contributed by atoms with E-state index in [0.29, 0.717) is 13.0 Å². The van der Waals surface area contributed by atoms with Crippen molar-refractivity contribution >= 4 is 17.8 Å². The van der Waals surface area contributed by atoms with Crippen molar-refractivity contribution < 1.29 is 19.5 Å². The minimum absolute atomic E-state index is 0.0428. The molecule has 0 radical (unpaired) electrons. The number of nitrogens with one attached hydrogen (secondary N) is 1. The molecule has 1 fully saturated rings. The van der Waals surface area contributed by atoms with Crippen molar-refractivity contribution in [1.29, 1.82) is 0 Å². The number of carbonyl (C=O) groups excluding carboxylic acids is 2. The van der Waals surface area contributed by atoms with Gasteiger partial charge >= 0.3 is 5.97 Å². The first-order chi connectivity index (χ1) is 7.43. The average molecular weight is 228 g/mol. The topological polar surface area (TPSA) is 86.7 Å². The van der Waals surface area contributed by atoms with Gasteiger partial charge < -0.3 is 15.3 Å². The summed E-state index contributed by atoms with van der Waals surface area (Å²) in [4.78, 5) is 34.6. The van der Waals surface area contributed by atoms with Gasteiger partial charge in [0.15, 0.2) is 0 Å². The Hall–Kier alpha value is -1.59. The molecule has 2 unspecified atom stereocenters. The second-order valence-corrected chi connectivity index (χ2v) is 4.05. The molecule has 0 saturated carbocycles. The van der Waals surface area contributed by atoms with Crippen molar-refractivity contribution in [3.8, 4) is 0 Å². The van der Waals surface area contributed by atoms with E-state index >= 15 is 0 Å². The van der Waals surface area contributed by atoms with Gasteiger partial charge in [-0.1, -0.05) is 6.92 Å². The average Bonchev–Trinajstić information content (AvgIpc) is 2.56. The largest absolute Gasteiger partial charge is 0.480 e. The van der Waals surface area contributed by atoms with Crippen LogP contribution in [0.5, 0.6) is 0 Å². The molecule has 0 aliphatic carbocycles. The summed E-state index contributed by atoms with van der Waals surface area (Å²) in [5.74, 6) is -1.67. The number of hydrogen-bond acceptors (Lipinski definition) is 3. The third-order valence-electron chi connectivity index (χ3n) is 2.76. The zero-order valence-electron chi connectivity index (χ0n) is 9.40. The number of aliphatic carboxylic acids is 1. The van der Waals surface area contributed by atoms with E-state index in [4.69, 9.17) is 5.11 Å². The van der Waals surface area contributed by atoms with Crippen LogP contribution in [0.4, 0.5) is 0 Å². The molecule has 16 heavy (non-hydrogen) atoms. The molecule has 0 aromatic rings. The maximum Gasteiger partial charge on any atom is 0.326 e. The number of rotatable bonds is 3. The molecule has 0 spiro atoms. The maximum absolute atomic E-state index is 11.7. The fraction of sp³-hybridized carbons (Fsp3) is 0.700. The minimum atomic E-state index is -0.985. The maximum atomic E-state index is 11.7. The second kappa shape index (κ2) is 4.96. The molecule has 1 aliphatic heterocycles. The Morgan fingerprint density at radius 2 is 2.06 bits per heavy atom. The van der Waals surface area contributed by atoms with Crippen LogP contribution < -0.4 is 5.32 Å². The monoisotopic (exact) mass is 228 g/mol. The molecule has 1 heterocycles. The van der Waals surface area contributed by atoms with Crippen LogP contribution in [0.15, 0.2) is 0 Å². The Morgan fingerprint density at radius 3 is 2.56 bits per heavy atom. The van der Waals surface area contributed by atoms with Gasteiger partial charge in [-0.3, -0.25) is 9.59 Å². The van der Waals surface area contributed by atoms with Gasteiger partial charge in [-0.05, 0) is 12.3 Å². The molecule has 6 heteroatoms. The number of carboxylic acids is 1. The van der Waals surface area contributed by atoms with E-state index in [-0.39, 0.29) is 24.3 Å². The standard InChI is InChI=1S/C10H16N2O4/c1-6-3-4-12(9(6)10(15)16)8(14)5-11-7(2)13/h6,9H,3-5H2,1-2H3,(H,11,13)(H,15,16). The quantitative estimate of drug-likeness (QED) is 0.678. The molecule has 1 rings (SSSR count). The molecular formula is C10H16N2O4. The number of likely N-dealkylation sites (tertiary alicyclic amines) is 1. The first kappa shape index (κ1) is 12.5. The lowest BCUT2D eigenvalue weighted by Gasteiger charge is -2.23. The van der Waals surface area contributed by atoms with Gasteiger partial charge in [0, 0.05) is 13.5 Å². The van der Waals surface area contributed by atoms with Crippen molar-refractivity contribution in [2.45, 2.75) is 26.3 Å². The molecule has 2 amide bonds. The molecule has 90 valence electrons. The van der Waals surface area contributed by atoms with E-state index in [0.717, 1.165) is 0 Å². The Kier molecular flexibility index (Phi) is 3.87. The number of hydrogen-bond donors (Lipinski definition) is 2. The third-order valence-corrected chi connectivity index (χ3v) is 2.76. The summed E-state index contributed by atoms with van der Waals surface area (Å²) in [5, 5.41) is 11.4. The van der Waals surface area contributed by atoms with Gasteiger partial charge in [0.25, 0.3) is 0 Å². The van der Waals surface area contributed by atoms with Crippen LogP contribution >= 0.6 is 0 Å². The van der Waals surface area contributed by atoms with Gasteiger partial charge in [-0.25, -0.2) is 4.79 Å². The van der Waals surface area contributed by atoms with Crippen LogP contribution in [0.2, 0.25) is 0 Å². The van der Waals surface area contributed by atoms with Crippen molar-refractivity contribution in [3.05, 3.63) is 0 Å². The molecule has 6 nitrogen and oxygen atoms in total. The van der Waals surface area contributed by atoms with Crippen molar-refractivity contribution in [1.82, 2.24) is 10.2 Å². The van der Waals surface area contributed by atoms with Gasteiger partial charge in [-0.2, -0.15) is 0 Å². The lowest BCUT2D eigenvalue weighted by atomic mass is 10.0. The molecule has 0 aromatic carbocycles. The van der Waals surface area contributed by atoms with Gasteiger partial charge in [-0.15, -0.1) is 0 Å². The van der Waals surface area contributed by atoms with Crippen molar-refractivity contribution in [2.24, 2.45) is 5.92 Å².